The molecule has 0 aromatic heterocycles. The fourth-order valence-corrected chi connectivity index (χ4v) is 0. The van der Waals surface area contributed by atoms with E-state index in [9.17, 15) is 4.79 Å². The molecule has 0 fully saturated rings. The quantitative estimate of drug-likeness (QED) is 0.491. The minimum atomic E-state index is -0.480. The van der Waals surface area contributed by atoms with Gasteiger partial charge in [0.1, 0.15) is 5.88 Å². The van der Waals surface area contributed by atoms with Crippen molar-refractivity contribution in [3.8, 4) is 0 Å². The number of alkyl halides is 1. The van der Waals surface area contributed by atoms with Crippen LogP contribution in [0.15, 0.2) is 0 Å². The van der Waals surface area contributed by atoms with Gasteiger partial charge in [-0.3, -0.25) is 4.79 Å². The van der Waals surface area contributed by atoms with E-state index in [0.717, 1.165) is 0 Å². The highest BCUT2D eigenvalue weighted by atomic mass is 35.5. The number of aliphatic hydroxyl groups excluding tert-OH is 1. The van der Waals surface area contributed by atoms with Crippen LogP contribution in [0.25, 0.3) is 0 Å². The molecule has 0 radical (unpaired) electrons. The second kappa shape index (κ2) is 9.87. The summed E-state index contributed by atoms with van der Waals surface area (Å²) < 4.78 is 0. The Labute approximate surface area is 53.4 Å². The van der Waals surface area contributed by atoms with Crippen LogP contribution in [0.2, 0.25) is 0 Å². The van der Waals surface area contributed by atoms with Crippen molar-refractivity contribution in [2.75, 3.05) is 12.5 Å². The van der Waals surface area contributed by atoms with Gasteiger partial charge in [0.2, 0.25) is 5.91 Å². The van der Waals surface area contributed by atoms with E-state index in [1.54, 1.807) is 6.92 Å². The Hall–Kier alpha value is -0.280. The second-order valence-corrected chi connectivity index (χ2v) is 1.18. The third-order valence-corrected chi connectivity index (χ3v) is 0.395. The van der Waals surface area contributed by atoms with Crippen molar-refractivity contribution in [3.05, 3.63) is 0 Å². The van der Waals surface area contributed by atoms with Crippen LogP contribution >= 0.6 is 11.6 Å². The van der Waals surface area contributed by atoms with Crippen LogP contribution in [-0.2, 0) is 4.79 Å². The largest absolute Gasteiger partial charge is 0.397 e. The van der Waals surface area contributed by atoms with Crippen molar-refractivity contribution in [3.63, 3.8) is 0 Å². The first-order valence-corrected chi connectivity index (χ1v) is 2.67. The van der Waals surface area contributed by atoms with E-state index < -0.39 is 5.91 Å². The average Bonchev–Trinajstić information content (AvgIpc) is 1.69. The summed E-state index contributed by atoms with van der Waals surface area (Å²) in [6.45, 7) is 1.93. The summed E-state index contributed by atoms with van der Waals surface area (Å²) in [7, 11) is 0. The highest BCUT2D eigenvalue weighted by molar-refractivity contribution is 6.27. The summed E-state index contributed by atoms with van der Waals surface area (Å²) in [6, 6.07) is 0. The van der Waals surface area contributed by atoms with Gasteiger partial charge in [0.25, 0.3) is 0 Å². The molecule has 1 amide bonds. The van der Waals surface area contributed by atoms with E-state index in [-0.39, 0.29) is 12.5 Å². The molecular weight excluding hydrogens is 130 g/mol. The molecule has 0 saturated heterocycles. The molecule has 0 aromatic rings. The number of carbonyl (C=O) groups excluding carboxylic acids is 1. The van der Waals surface area contributed by atoms with E-state index in [0.29, 0.717) is 0 Å². The summed E-state index contributed by atoms with van der Waals surface area (Å²) in [4.78, 5) is 9.46. The van der Waals surface area contributed by atoms with Crippen LogP contribution in [0.4, 0.5) is 0 Å². The van der Waals surface area contributed by atoms with Gasteiger partial charge in [0.15, 0.2) is 0 Å². The van der Waals surface area contributed by atoms with Crippen molar-refractivity contribution < 1.29 is 9.90 Å². The van der Waals surface area contributed by atoms with Gasteiger partial charge >= 0.3 is 0 Å². The van der Waals surface area contributed by atoms with Gasteiger partial charge in [0, 0.05) is 6.61 Å². The van der Waals surface area contributed by atoms with Gasteiger partial charge < -0.3 is 10.8 Å². The van der Waals surface area contributed by atoms with Crippen LogP contribution in [0.3, 0.4) is 0 Å². The Morgan fingerprint density at radius 2 is 2.00 bits per heavy atom. The molecule has 0 rings (SSSR count). The molecule has 8 heavy (non-hydrogen) atoms. The first kappa shape index (κ1) is 10.7. The monoisotopic (exact) mass is 139 g/mol. The van der Waals surface area contributed by atoms with Gasteiger partial charge in [-0.1, -0.05) is 0 Å². The second-order valence-electron chi connectivity index (χ2n) is 0.916. The first-order chi connectivity index (χ1) is 3.68. The Morgan fingerprint density at radius 1 is 1.88 bits per heavy atom. The van der Waals surface area contributed by atoms with Crippen LogP contribution in [-0.4, -0.2) is 23.5 Å². The van der Waals surface area contributed by atoms with E-state index in [1.807, 2.05) is 0 Å². The van der Waals surface area contributed by atoms with Crippen LogP contribution in [0, 0.1) is 0 Å². The first-order valence-electron chi connectivity index (χ1n) is 2.14. The SMILES string of the molecule is CCO.NC(=O)CCl. The lowest BCUT2D eigenvalue weighted by atomic mass is 10.8. The number of nitrogens with two attached hydrogens (primary N) is 1. The van der Waals surface area contributed by atoms with Crippen molar-refractivity contribution in [2.24, 2.45) is 5.73 Å². The number of rotatable bonds is 1. The number of aliphatic hydroxyl groups is 1. The normalized spacial score (nSPS) is 6.88. The summed E-state index contributed by atoms with van der Waals surface area (Å²) in [5.74, 6) is -0.563. The van der Waals surface area contributed by atoms with E-state index in [1.165, 1.54) is 0 Å². The lowest BCUT2D eigenvalue weighted by molar-refractivity contribution is -0.115. The fourth-order valence-electron chi connectivity index (χ4n) is 0. The van der Waals surface area contributed by atoms with Crippen LogP contribution in [0.1, 0.15) is 6.92 Å². The number of hydrogen-bond acceptors (Lipinski definition) is 2. The van der Waals surface area contributed by atoms with Crippen molar-refractivity contribution in [1.29, 1.82) is 0 Å². The smallest absolute Gasteiger partial charge is 0.232 e. The lowest BCUT2D eigenvalue weighted by Gasteiger charge is -1.71. The van der Waals surface area contributed by atoms with E-state index >= 15 is 0 Å². The molecule has 0 heterocycles. The zero-order valence-corrected chi connectivity index (χ0v) is 5.48. The maximum Gasteiger partial charge on any atom is 0.232 e. The zero-order chi connectivity index (χ0) is 6.99. The fraction of sp³-hybridized carbons (Fsp3) is 0.750. The van der Waals surface area contributed by atoms with Gasteiger partial charge in [-0.05, 0) is 6.92 Å². The maximum atomic E-state index is 9.46. The topological polar surface area (TPSA) is 63.3 Å². The highest BCUT2D eigenvalue weighted by Gasteiger charge is 1.79. The Bertz CT molecular complexity index is 58.0. The third-order valence-electron chi connectivity index (χ3n) is 0.132. The van der Waals surface area contributed by atoms with Gasteiger partial charge in [0.05, 0.1) is 0 Å². The Morgan fingerprint density at radius 3 is 2.00 bits per heavy atom. The van der Waals surface area contributed by atoms with Gasteiger partial charge in [-0.15, -0.1) is 11.6 Å². The van der Waals surface area contributed by atoms with Crippen molar-refractivity contribution >= 4 is 17.5 Å². The average molecular weight is 140 g/mol. The molecule has 3 N–H and O–H groups in total. The Kier molecular flexibility index (Phi) is 13.1. The standard InChI is InChI=1S/C2H4ClNO.C2H6O/c3-1-2(4)5;1-2-3/h1H2,(H2,4,5);3H,2H2,1H3. The molecule has 0 aliphatic carbocycles. The predicted octanol–water partition coefficient (Wildman–Crippen LogP) is -0.291. The molecule has 0 spiro atoms. The van der Waals surface area contributed by atoms with Crippen molar-refractivity contribution in [2.45, 2.75) is 6.92 Å². The lowest BCUT2D eigenvalue weighted by Crippen LogP contribution is -2.10. The number of carbonyl (C=O) groups is 1. The minimum absolute atomic E-state index is 0.0833. The van der Waals surface area contributed by atoms with Gasteiger partial charge in [-0.2, -0.15) is 0 Å². The number of halogens is 1. The summed E-state index contributed by atoms with van der Waals surface area (Å²) in [6.07, 6.45) is 0. The summed E-state index contributed by atoms with van der Waals surface area (Å²) in [5, 5.41) is 7.57. The molecule has 0 aromatic carbocycles. The minimum Gasteiger partial charge on any atom is -0.397 e. The van der Waals surface area contributed by atoms with Crippen LogP contribution in [0.5, 0.6) is 0 Å². The molecule has 0 aliphatic heterocycles. The van der Waals surface area contributed by atoms with Gasteiger partial charge in [-0.25, -0.2) is 0 Å². The maximum absolute atomic E-state index is 9.46. The number of amides is 1. The molecule has 0 atom stereocenters. The number of primary amides is 1. The zero-order valence-electron chi connectivity index (χ0n) is 4.72. The molecule has 0 unspecified atom stereocenters. The molecule has 4 heteroatoms. The predicted molar refractivity (Wildman–Crippen MR) is 32.7 cm³/mol. The molecule has 0 bridgehead atoms. The molecule has 3 nitrogen and oxygen atoms in total. The third kappa shape index (κ3) is 43.1. The highest BCUT2D eigenvalue weighted by Crippen LogP contribution is 1.64. The number of hydrogen-bond donors (Lipinski definition) is 2. The van der Waals surface area contributed by atoms with E-state index in [2.05, 4.69) is 5.73 Å². The van der Waals surface area contributed by atoms with E-state index in [4.69, 9.17) is 16.7 Å². The molecular formula is C4H10ClNO2. The molecule has 0 aliphatic rings. The summed E-state index contributed by atoms with van der Waals surface area (Å²) >= 11 is 4.86. The molecule has 50 valence electrons. The van der Waals surface area contributed by atoms with Crippen LogP contribution < -0.4 is 5.73 Å². The molecule has 0 saturated carbocycles. The van der Waals surface area contributed by atoms with Crippen molar-refractivity contribution in [1.82, 2.24) is 0 Å². The summed E-state index contributed by atoms with van der Waals surface area (Å²) in [5.41, 5.74) is 4.52. The Balaban J connectivity index is 0.